The number of nitrogens with two attached hydrogens (primary N) is 1. The van der Waals surface area contributed by atoms with Gasteiger partial charge in [0.05, 0.1) is 12.8 Å². The van der Waals surface area contributed by atoms with Crippen molar-refractivity contribution in [2.45, 2.75) is 39.7 Å². The fourth-order valence-corrected chi connectivity index (χ4v) is 2.95. The Morgan fingerprint density at radius 2 is 2.11 bits per heavy atom. The Morgan fingerprint density at radius 3 is 2.75 bits per heavy atom. The lowest BCUT2D eigenvalue weighted by Crippen LogP contribution is -2.43. The fraction of sp³-hybridized carbons (Fsp3) is 0.450. The minimum Gasteiger partial charge on any atom is -0.490 e. The van der Waals surface area contributed by atoms with E-state index in [1.165, 1.54) is 25.4 Å². The largest absolute Gasteiger partial charge is 0.490 e. The molecule has 0 fully saturated rings. The topological polar surface area (TPSA) is 99.4 Å². The van der Waals surface area contributed by atoms with Gasteiger partial charge in [-0.3, -0.25) is 5.32 Å². The van der Waals surface area contributed by atoms with E-state index >= 15 is 0 Å². The van der Waals surface area contributed by atoms with Gasteiger partial charge in [-0.05, 0) is 38.3 Å². The van der Waals surface area contributed by atoms with E-state index in [1.807, 2.05) is 6.92 Å². The summed E-state index contributed by atoms with van der Waals surface area (Å²) >= 11 is 0. The van der Waals surface area contributed by atoms with Crippen molar-refractivity contribution < 1.29 is 18.7 Å². The maximum absolute atomic E-state index is 14.7. The summed E-state index contributed by atoms with van der Waals surface area (Å²) in [4.78, 5) is 19.7. The number of aromatic nitrogens is 2. The lowest BCUT2D eigenvalue weighted by molar-refractivity contribution is 0.187. The summed E-state index contributed by atoms with van der Waals surface area (Å²) in [5.74, 6) is 0.467. The molecule has 0 saturated heterocycles. The van der Waals surface area contributed by atoms with E-state index in [0.717, 1.165) is 6.42 Å². The second-order valence-electron chi connectivity index (χ2n) is 7.49. The first kappa shape index (κ1) is 21.6. The van der Waals surface area contributed by atoms with Crippen LogP contribution in [0.4, 0.5) is 15.0 Å². The van der Waals surface area contributed by atoms with Gasteiger partial charge in [0.2, 0.25) is 0 Å². The zero-order chi connectivity index (χ0) is 20.9. The first-order valence-corrected chi connectivity index (χ1v) is 9.01. The van der Waals surface area contributed by atoms with Gasteiger partial charge in [-0.2, -0.15) is 0 Å². The Hall–Kier alpha value is -2.74. The van der Waals surface area contributed by atoms with Crippen LogP contribution >= 0.6 is 0 Å². The monoisotopic (exact) mass is 390 g/mol. The number of amides is 1. The predicted octanol–water partition coefficient (Wildman–Crippen LogP) is 3.91. The Bertz CT molecular complexity index is 840. The normalized spacial score (nSPS) is 13.1. The average Bonchev–Trinajstić information content (AvgIpc) is 2.61. The molecule has 3 N–H and O–H groups in total. The van der Waals surface area contributed by atoms with Crippen molar-refractivity contribution in [3.8, 4) is 17.0 Å². The highest BCUT2D eigenvalue weighted by molar-refractivity contribution is 5.84. The molecule has 0 aliphatic heterocycles. The van der Waals surface area contributed by atoms with Crippen LogP contribution < -0.4 is 15.8 Å². The summed E-state index contributed by atoms with van der Waals surface area (Å²) in [5, 5.41) is 2.44. The van der Waals surface area contributed by atoms with Crippen LogP contribution in [0.2, 0.25) is 0 Å². The fourth-order valence-electron chi connectivity index (χ4n) is 2.95. The van der Waals surface area contributed by atoms with Crippen LogP contribution in [-0.4, -0.2) is 35.3 Å². The number of ether oxygens (including phenoxy) is 2. The maximum atomic E-state index is 14.7. The van der Waals surface area contributed by atoms with E-state index in [9.17, 15) is 9.18 Å². The average molecular weight is 390 g/mol. The highest BCUT2D eigenvalue weighted by atomic mass is 19.1. The van der Waals surface area contributed by atoms with Crippen LogP contribution in [0.25, 0.3) is 11.3 Å². The van der Waals surface area contributed by atoms with Crippen molar-refractivity contribution in [1.82, 2.24) is 9.97 Å². The number of carbonyl (C=O) groups excluding carboxylic acids is 1. The van der Waals surface area contributed by atoms with Gasteiger partial charge < -0.3 is 15.2 Å². The van der Waals surface area contributed by atoms with Gasteiger partial charge in [0, 0.05) is 23.4 Å². The molecular formula is C20H27FN4O3. The summed E-state index contributed by atoms with van der Waals surface area (Å²) in [6, 6.07) is 4.42. The third-order valence-electron chi connectivity index (χ3n) is 4.00. The first-order valence-electron chi connectivity index (χ1n) is 9.01. The number of methoxy groups -OCH3 is 1. The molecule has 2 heterocycles. The van der Waals surface area contributed by atoms with Crippen molar-refractivity contribution in [1.29, 1.82) is 0 Å². The summed E-state index contributed by atoms with van der Waals surface area (Å²) in [6.07, 6.45) is 1.57. The van der Waals surface area contributed by atoms with Gasteiger partial charge in [-0.1, -0.05) is 13.8 Å². The van der Waals surface area contributed by atoms with Gasteiger partial charge in [-0.15, -0.1) is 0 Å². The number of carbonyl (C=O) groups is 1. The van der Waals surface area contributed by atoms with E-state index in [0.29, 0.717) is 22.9 Å². The van der Waals surface area contributed by atoms with E-state index in [2.05, 4.69) is 33.9 Å². The molecule has 8 heteroatoms. The smallest absolute Gasteiger partial charge is 0.412 e. The number of pyridine rings is 2. The highest BCUT2D eigenvalue weighted by Crippen LogP contribution is 2.28. The molecule has 0 aliphatic carbocycles. The second kappa shape index (κ2) is 8.97. The van der Waals surface area contributed by atoms with Gasteiger partial charge >= 0.3 is 6.09 Å². The zero-order valence-corrected chi connectivity index (χ0v) is 16.9. The Morgan fingerprint density at radius 1 is 1.39 bits per heavy atom. The number of halogens is 1. The van der Waals surface area contributed by atoms with E-state index < -0.39 is 17.4 Å². The molecule has 0 spiro atoms. The number of anilines is 1. The van der Waals surface area contributed by atoms with Crippen molar-refractivity contribution in [3.05, 3.63) is 35.9 Å². The Balaban J connectivity index is 2.22. The minimum absolute atomic E-state index is 0.137. The molecule has 152 valence electrons. The predicted molar refractivity (Wildman–Crippen MR) is 106 cm³/mol. The van der Waals surface area contributed by atoms with Gasteiger partial charge in [-0.25, -0.2) is 19.2 Å². The van der Waals surface area contributed by atoms with Crippen molar-refractivity contribution >= 4 is 11.9 Å². The molecule has 1 unspecified atom stereocenters. The van der Waals surface area contributed by atoms with Crippen LogP contribution in [0, 0.1) is 18.7 Å². The molecule has 0 bridgehead atoms. The zero-order valence-electron chi connectivity index (χ0n) is 16.9. The van der Waals surface area contributed by atoms with Gasteiger partial charge in [0.15, 0.2) is 5.82 Å². The number of hydrogen-bond acceptors (Lipinski definition) is 6. The van der Waals surface area contributed by atoms with E-state index in [4.69, 9.17) is 10.5 Å². The van der Waals surface area contributed by atoms with Gasteiger partial charge in [0.1, 0.15) is 23.9 Å². The number of nitrogens with one attached hydrogen (secondary N) is 1. The number of aryl methyl sites for hydroxylation is 1. The molecule has 28 heavy (non-hydrogen) atoms. The Kier molecular flexibility index (Phi) is 6.90. The molecular weight excluding hydrogens is 363 g/mol. The first-order chi connectivity index (χ1) is 13.1. The lowest BCUT2D eigenvalue weighted by atomic mass is 9.93. The molecule has 1 atom stereocenters. The summed E-state index contributed by atoms with van der Waals surface area (Å²) in [7, 11) is 1.25. The quantitative estimate of drug-likeness (QED) is 0.743. The van der Waals surface area contributed by atoms with Crippen molar-refractivity contribution in [2.24, 2.45) is 11.7 Å². The lowest BCUT2D eigenvalue weighted by Gasteiger charge is -2.27. The van der Waals surface area contributed by atoms with Crippen LogP contribution in [0.1, 0.15) is 32.9 Å². The maximum Gasteiger partial charge on any atom is 0.412 e. The molecule has 2 aromatic heterocycles. The summed E-state index contributed by atoms with van der Waals surface area (Å²) < 4.78 is 25.0. The number of rotatable bonds is 7. The number of hydrogen-bond donors (Lipinski definition) is 2. The molecule has 2 rings (SSSR count). The number of nitrogens with zero attached hydrogens (tertiary/aromatic N) is 2. The molecule has 0 radical (unpaired) electrons. The van der Waals surface area contributed by atoms with Crippen molar-refractivity contribution in [2.75, 3.05) is 19.0 Å². The van der Waals surface area contributed by atoms with Crippen LogP contribution in [0.3, 0.4) is 0 Å². The van der Waals surface area contributed by atoms with Gasteiger partial charge in [0.25, 0.3) is 0 Å². The SMILES string of the molecule is COC(=O)Nc1cc(-c2nc(C)c(OCC(C)(N)CC(C)C)cc2F)ccn1. The van der Waals surface area contributed by atoms with Crippen LogP contribution in [0.5, 0.6) is 5.75 Å². The Labute approximate surface area is 164 Å². The third-order valence-corrected chi connectivity index (χ3v) is 4.00. The molecule has 7 nitrogen and oxygen atoms in total. The molecule has 2 aromatic rings. The van der Waals surface area contributed by atoms with E-state index in [1.54, 1.807) is 13.0 Å². The van der Waals surface area contributed by atoms with Crippen molar-refractivity contribution in [3.63, 3.8) is 0 Å². The summed E-state index contributed by atoms with van der Waals surface area (Å²) in [6.45, 7) is 8.08. The molecule has 0 aliphatic rings. The molecule has 1 amide bonds. The van der Waals surface area contributed by atoms with Crippen LogP contribution in [0.15, 0.2) is 24.4 Å². The second-order valence-corrected chi connectivity index (χ2v) is 7.49. The summed E-state index contributed by atoms with van der Waals surface area (Å²) in [5.41, 5.74) is 6.88. The minimum atomic E-state index is -0.663. The molecule has 0 saturated carbocycles. The molecule has 0 aromatic carbocycles. The van der Waals surface area contributed by atoms with Crippen LogP contribution in [-0.2, 0) is 4.74 Å². The van der Waals surface area contributed by atoms with E-state index in [-0.39, 0.29) is 18.1 Å². The standard InChI is InChI=1S/C20H27FN4O3/c1-12(2)10-20(4,22)11-28-16-9-15(21)18(24-13(16)3)14-6-7-23-17(8-14)25-19(26)27-5/h6-9,12H,10-11,22H2,1-5H3,(H,23,25,26). The highest BCUT2D eigenvalue weighted by Gasteiger charge is 2.22. The third kappa shape index (κ3) is 5.88.